The lowest BCUT2D eigenvalue weighted by atomic mass is 10.3. The summed E-state index contributed by atoms with van der Waals surface area (Å²) in [4.78, 5) is 10.7. The van der Waals surface area contributed by atoms with Crippen LogP contribution in [0.15, 0.2) is 10.7 Å². The molecule has 3 nitrogen and oxygen atoms in total. The van der Waals surface area contributed by atoms with Crippen molar-refractivity contribution in [2.24, 2.45) is 0 Å². The zero-order valence-electron chi connectivity index (χ0n) is 9.00. The SMILES string of the molecule is CCN(CC)CCc1ncc(Br)c(Cl)n1. The van der Waals surface area contributed by atoms with Crippen molar-refractivity contribution in [1.82, 2.24) is 14.9 Å². The van der Waals surface area contributed by atoms with E-state index in [2.05, 4.69) is 44.6 Å². The summed E-state index contributed by atoms with van der Waals surface area (Å²) >= 11 is 9.15. The number of likely N-dealkylation sites (N-methyl/N-ethyl adjacent to an activating group) is 1. The van der Waals surface area contributed by atoms with Gasteiger partial charge in [-0.2, -0.15) is 0 Å². The molecule has 1 rings (SSSR count). The number of hydrogen-bond donors (Lipinski definition) is 0. The molecule has 0 atom stereocenters. The normalized spacial score (nSPS) is 11.0. The fourth-order valence-electron chi connectivity index (χ4n) is 1.30. The maximum absolute atomic E-state index is 5.89. The van der Waals surface area contributed by atoms with Gasteiger partial charge < -0.3 is 4.90 Å². The van der Waals surface area contributed by atoms with Crippen LogP contribution in [0.4, 0.5) is 0 Å². The summed E-state index contributed by atoms with van der Waals surface area (Å²) in [5, 5.41) is 0.486. The van der Waals surface area contributed by atoms with Crippen molar-refractivity contribution >= 4 is 27.5 Å². The maximum atomic E-state index is 5.89. The Morgan fingerprint density at radius 1 is 1.40 bits per heavy atom. The van der Waals surface area contributed by atoms with Gasteiger partial charge in [0.1, 0.15) is 11.0 Å². The molecule has 0 N–H and O–H groups in total. The molecule has 1 aromatic rings. The van der Waals surface area contributed by atoms with Crippen molar-refractivity contribution in [2.45, 2.75) is 20.3 Å². The van der Waals surface area contributed by atoms with Crippen molar-refractivity contribution < 1.29 is 0 Å². The van der Waals surface area contributed by atoms with Crippen LogP contribution < -0.4 is 0 Å². The lowest BCUT2D eigenvalue weighted by molar-refractivity contribution is 0.305. The first-order chi connectivity index (χ1) is 7.17. The molecule has 1 heterocycles. The molecule has 0 aliphatic carbocycles. The lowest BCUT2D eigenvalue weighted by Gasteiger charge is -2.16. The Morgan fingerprint density at radius 3 is 2.60 bits per heavy atom. The van der Waals surface area contributed by atoms with Gasteiger partial charge >= 0.3 is 0 Å². The van der Waals surface area contributed by atoms with Crippen molar-refractivity contribution in [2.75, 3.05) is 19.6 Å². The summed E-state index contributed by atoms with van der Waals surface area (Å²) in [6.45, 7) is 7.39. The van der Waals surface area contributed by atoms with E-state index in [1.807, 2.05) is 0 Å². The number of hydrogen-bond acceptors (Lipinski definition) is 3. The molecule has 0 bridgehead atoms. The van der Waals surface area contributed by atoms with Gasteiger partial charge in [-0.25, -0.2) is 9.97 Å². The third kappa shape index (κ3) is 4.05. The van der Waals surface area contributed by atoms with Crippen LogP contribution in [0.1, 0.15) is 19.7 Å². The van der Waals surface area contributed by atoms with E-state index in [1.54, 1.807) is 6.20 Å². The Hall–Kier alpha value is -0.190. The minimum Gasteiger partial charge on any atom is -0.303 e. The Labute approximate surface area is 104 Å². The molecule has 5 heteroatoms. The first kappa shape index (κ1) is 12.9. The van der Waals surface area contributed by atoms with Crippen LogP contribution in [0.3, 0.4) is 0 Å². The van der Waals surface area contributed by atoms with E-state index < -0.39 is 0 Å². The Kier molecular flexibility index (Phi) is 5.50. The summed E-state index contributed by atoms with van der Waals surface area (Å²) in [5.41, 5.74) is 0. The van der Waals surface area contributed by atoms with Gasteiger partial charge in [0.2, 0.25) is 0 Å². The van der Waals surface area contributed by atoms with Crippen LogP contribution in [0, 0.1) is 0 Å². The first-order valence-corrected chi connectivity index (χ1v) is 6.23. The van der Waals surface area contributed by atoms with Gasteiger partial charge in [0.05, 0.1) is 4.47 Å². The van der Waals surface area contributed by atoms with Crippen LogP contribution >= 0.6 is 27.5 Å². The molecular weight excluding hydrogens is 277 g/mol. The number of rotatable bonds is 5. The number of halogens is 2. The predicted octanol–water partition coefficient (Wildman–Crippen LogP) is 2.78. The van der Waals surface area contributed by atoms with Crippen LogP contribution in [0.2, 0.25) is 5.15 Å². The molecule has 0 aromatic carbocycles. The molecule has 0 aliphatic rings. The van der Waals surface area contributed by atoms with Crippen molar-refractivity contribution in [3.05, 3.63) is 21.6 Å². The second-order valence-electron chi connectivity index (χ2n) is 3.20. The van der Waals surface area contributed by atoms with E-state index in [9.17, 15) is 0 Å². The zero-order valence-corrected chi connectivity index (χ0v) is 11.3. The molecule has 15 heavy (non-hydrogen) atoms. The highest BCUT2D eigenvalue weighted by molar-refractivity contribution is 9.10. The molecule has 0 unspecified atom stereocenters. The summed E-state index contributed by atoms with van der Waals surface area (Å²) in [6, 6.07) is 0. The Bertz CT molecular complexity index is 316. The van der Waals surface area contributed by atoms with Crippen molar-refractivity contribution in [3.8, 4) is 0 Å². The fourth-order valence-corrected chi connectivity index (χ4v) is 1.64. The molecule has 0 amide bonds. The first-order valence-electron chi connectivity index (χ1n) is 5.06. The van der Waals surface area contributed by atoms with Gasteiger partial charge in [-0.05, 0) is 29.0 Å². The minimum atomic E-state index is 0.486. The lowest BCUT2D eigenvalue weighted by Crippen LogP contribution is -2.25. The molecule has 0 spiro atoms. The van der Waals surface area contributed by atoms with E-state index in [4.69, 9.17) is 11.6 Å². The molecule has 84 valence electrons. The third-order valence-electron chi connectivity index (χ3n) is 2.30. The van der Waals surface area contributed by atoms with Gasteiger partial charge in [-0.1, -0.05) is 25.4 Å². The van der Waals surface area contributed by atoms with Crippen molar-refractivity contribution in [3.63, 3.8) is 0 Å². The second-order valence-corrected chi connectivity index (χ2v) is 4.41. The zero-order chi connectivity index (χ0) is 11.3. The van der Waals surface area contributed by atoms with Gasteiger partial charge in [-0.3, -0.25) is 0 Å². The van der Waals surface area contributed by atoms with Crippen LogP contribution in [0.25, 0.3) is 0 Å². The summed E-state index contributed by atoms with van der Waals surface area (Å²) in [7, 11) is 0. The van der Waals surface area contributed by atoms with E-state index in [0.717, 1.165) is 36.4 Å². The maximum Gasteiger partial charge on any atom is 0.146 e. The van der Waals surface area contributed by atoms with E-state index >= 15 is 0 Å². The van der Waals surface area contributed by atoms with Crippen LogP contribution in [-0.2, 0) is 6.42 Å². The molecule has 0 saturated carbocycles. The average molecular weight is 293 g/mol. The molecule has 0 radical (unpaired) electrons. The predicted molar refractivity (Wildman–Crippen MR) is 66.2 cm³/mol. The molecule has 0 aliphatic heterocycles. The summed E-state index contributed by atoms with van der Waals surface area (Å²) < 4.78 is 0.746. The standard InChI is InChI=1S/C10H15BrClN3/c1-3-15(4-2)6-5-9-13-7-8(11)10(12)14-9/h7H,3-6H2,1-2H3. The monoisotopic (exact) mass is 291 g/mol. The van der Waals surface area contributed by atoms with Gasteiger partial charge in [0.25, 0.3) is 0 Å². The van der Waals surface area contributed by atoms with Gasteiger partial charge in [0, 0.05) is 19.2 Å². The average Bonchev–Trinajstić information content (AvgIpc) is 2.24. The third-order valence-corrected chi connectivity index (χ3v) is 3.39. The smallest absolute Gasteiger partial charge is 0.146 e. The highest BCUT2D eigenvalue weighted by Gasteiger charge is 2.04. The van der Waals surface area contributed by atoms with Crippen LogP contribution in [0.5, 0.6) is 0 Å². The minimum absolute atomic E-state index is 0.486. The number of nitrogens with zero attached hydrogens (tertiary/aromatic N) is 3. The van der Waals surface area contributed by atoms with Crippen molar-refractivity contribution in [1.29, 1.82) is 0 Å². The van der Waals surface area contributed by atoms with E-state index in [1.165, 1.54) is 0 Å². The summed E-state index contributed by atoms with van der Waals surface area (Å²) in [5.74, 6) is 0.801. The quantitative estimate of drug-likeness (QED) is 0.782. The highest BCUT2D eigenvalue weighted by Crippen LogP contribution is 2.18. The molecule has 0 fully saturated rings. The van der Waals surface area contributed by atoms with E-state index in [0.29, 0.717) is 5.15 Å². The molecule has 0 saturated heterocycles. The number of aromatic nitrogens is 2. The Balaban J connectivity index is 2.54. The highest BCUT2D eigenvalue weighted by atomic mass is 79.9. The molecular formula is C10H15BrClN3. The van der Waals surface area contributed by atoms with Crippen LogP contribution in [-0.4, -0.2) is 34.5 Å². The summed E-state index contributed by atoms with van der Waals surface area (Å²) in [6.07, 6.45) is 2.54. The van der Waals surface area contributed by atoms with Gasteiger partial charge in [0.15, 0.2) is 0 Å². The topological polar surface area (TPSA) is 29.0 Å². The second kappa shape index (κ2) is 6.40. The van der Waals surface area contributed by atoms with E-state index in [-0.39, 0.29) is 0 Å². The largest absolute Gasteiger partial charge is 0.303 e. The fraction of sp³-hybridized carbons (Fsp3) is 0.600. The Morgan fingerprint density at radius 2 is 2.07 bits per heavy atom. The van der Waals surface area contributed by atoms with Gasteiger partial charge in [-0.15, -0.1) is 0 Å². The molecule has 1 aromatic heterocycles.